The van der Waals surface area contributed by atoms with Crippen molar-refractivity contribution in [1.82, 2.24) is 24.6 Å². The summed E-state index contributed by atoms with van der Waals surface area (Å²) in [7, 11) is -3.54. The number of aliphatic hydroxyl groups is 2. The van der Waals surface area contributed by atoms with Crippen LogP contribution in [0.4, 0.5) is 5.82 Å². The van der Waals surface area contributed by atoms with E-state index in [9.17, 15) is 19.6 Å². The molecule has 4 rings (SSSR count). The number of fused-ring (bicyclic) bond motifs is 1. The van der Waals surface area contributed by atoms with Crippen LogP contribution in [0.25, 0.3) is 11.2 Å². The molecule has 194 valence electrons. The molecule has 1 fully saturated rings. The highest BCUT2D eigenvalue weighted by molar-refractivity contribution is 7.56. The lowest BCUT2D eigenvalue weighted by molar-refractivity contribution is -0.146. The van der Waals surface area contributed by atoms with E-state index in [1.165, 1.54) is 24.5 Å². The van der Waals surface area contributed by atoms with Gasteiger partial charge in [-0.05, 0) is 24.1 Å². The first-order valence-electron chi connectivity index (χ1n) is 10.9. The molecule has 0 saturated carbocycles. The highest BCUT2D eigenvalue weighted by Crippen LogP contribution is 2.41. The number of aromatic nitrogens is 4. The number of nitrogens with one attached hydrogen (secondary N) is 1. The van der Waals surface area contributed by atoms with Gasteiger partial charge in [-0.2, -0.15) is 0 Å². The van der Waals surface area contributed by atoms with E-state index in [2.05, 4.69) is 20.0 Å². The topological polar surface area (TPSA) is 184 Å². The molecule has 0 aliphatic carbocycles. The summed E-state index contributed by atoms with van der Waals surface area (Å²) in [5, 5.41) is 23.6. The van der Waals surface area contributed by atoms with E-state index in [0.717, 1.165) is 5.56 Å². The number of rotatable bonds is 9. The van der Waals surface area contributed by atoms with Gasteiger partial charge in [0.2, 0.25) is 5.28 Å². The summed E-state index contributed by atoms with van der Waals surface area (Å²) in [5.41, 5.74) is 7.03. The molecule has 5 N–H and O–H groups in total. The Morgan fingerprint density at radius 3 is 2.75 bits per heavy atom. The van der Waals surface area contributed by atoms with E-state index in [0.29, 0.717) is 0 Å². The molecule has 2 aromatic heterocycles. The van der Waals surface area contributed by atoms with Gasteiger partial charge in [0, 0.05) is 6.66 Å². The van der Waals surface area contributed by atoms with Crippen molar-refractivity contribution in [2.24, 2.45) is 0 Å². The number of hydrogen-bond donors (Lipinski definition) is 4. The van der Waals surface area contributed by atoms with Gasteiger partial charge in [0.25, 0.3) is 7.52 Å². The molecule has 0 bridgehead atoms. The molecule has 13 nitrogen and oxygen atoms in total. The number of esters is 1. The van der Waals surface area contributed by atoms with Gasteiger partial charge in [-0.15, -0.1) is 0 Å². The van der Waals surface area contributed by atoms with Crippen LogP contribution in [-0.2, 0) is 30.0 Å². The summed E-state index contributed by atoms with van der Waals surface area (Å²) in [6, 6.07) is 8.20. The highest BCUT2D eigenvalue weighted by Gasteiger charge is 2.46. The van der Waals surface area contributed by atoms with Gasteiger partial charge in [0.1, 0.15) is 37.3 Å². The number of carbonyl (C=O) groups excluding carboxylic acids is 1. The summed E-state index contributed by atoms with van der Waals surface area (Å²) in [6.45, 7) is 2.49. The summed E-state index contributed by atoms with van der Waals surface area (Å²) in [5.74, 6) is -0.525. The first kappa shape index (κ1) is 26.4. The van der Waals surface area contributed by atoms with Crippen LogP contribution < -0.4 is 10.8 Å². The quantitative estimate of drug-likeness (QED) is 0.173. The number of nitrogens with zero attached hydrogens (tertiary/aromatic N) is 4. The molecular weight excluding hydrogens is 515 g/mol. The van der Waals surface area contributed by atoms with E-state index >= 15 is 0 Å². The van der Waals surface area contributed by atoms with E-state index in [-0.39, 0.29) is 35.5 Å². The van der Waals surface area contributed by atoms with Gasteiger partial charge in [-0.1, -0.05) is 30.3 Å². The monoisotopic (exact) mass is 540 g/mol. The molecule has 0 unspecified atom stereocenters. The molecule has 0 radical (unpaired) electrons. The van der Waals surface area contributed by atoms with Crippen LogP contribution >= 0.6 is 19.1 Å². The van der Waals surface area contributed by atoms with Crippen LogP contribution in [-0.4, -0.2) is 73.3 Å². The Labute approximate surface area is 211 Å². The van der Waals surface area contributed by atoms with Crippen molar-refractivity contribution < 1.29 is 33.6 Å². The minimum absolute atomic E-state index is 0.0734. The van der Waals surface area contributed by atoms with Crippen molar-refractivity contribution in [1.29, 1.82) is 0 Å². The lowest BCUT2D eigenvalue weighted by Crippen LogP contribution is -2.36. The SMILES string of the molecule is C[C@H](N[P@](C)(=O)OC[C@H]1O[C@@H](n2c(Cl)nc3c(N)ncnc32)[C@H](O)[C@@H]1O)C(=O)OCc1ccccc1. The summed E-state index contributed by atoms with van der Waals surface area (Å²) in [4.78, 5) is 24.3. The minimum Gasteiger partial charge on any atom is -0.460 e. The molecule has 3 heterocycles. The maximum atomic E-state index is 12.9. The molecule has 1 aliphatic rings. The number of carbonyl (C=O) groups is 1. The molecule has 1 saturated heterocycles. The third-order valence-corrected chi connectivity index (χ3v) is 7.31. The van der Waals surface area contributed by atoms with Gasteiger partial charge in [-0.25, -0.2) is 20.0 Å². The van der Waals surface area contributed by atoms with Gasteiger partial charge >= 0.3 is 5.97 Å². The number of hydrogen-bond acceptors (Lipinski definition) is 11. The summed E-state index contributed by atoms with van der Waals surface area (Å²) in [6.07, 6.45) is -3.88. The number of nitrogen functional groups attached to an aromatic ring is 1. The Balaban J connectivity index is 1.35. The molecule has 6 atom stereocenters. The number of imidazole rings is 1. The maximum absolute atomic E-state index is 12.9. The Hall–Kier alpha value is -2.64. The van der Waals surface area contributed by atoms with Crippen LogP contribution in [0.3, 0.4) is 0 Å². The van der Waals surface area contributed by atoms with Crippen LogP contribution in [0.15, 0.2) is 36.7 Å². The van der Waals surface area contributed by atoms with Crippen LogP contribution in [0.2, 0.25) is 5.28 Å². The second kappa shape index (κ2) is 10.8. The lowest BCUT2D eigenvalue weighted by Gasteiger charge is -2.22. The lowest BCUT2D eigenvalue weighted by atomic mass is 10.1. The second-order valence-electron chi connectivity index (χ2n) is 8.31. The van der Waals surface area contributed by atoms with Crippen molar-refractivity contribution in [3.8, 4) is 0 Å². The third-order valence-electron chi connectivity index (χ3n) is 5.54. The molecule has 15 heteroatoms. The standard InChI is InChI=1S/C21H26ClN6O7P/c1-11(20(31)33-8-12-6-4-3-5-7-12)27-36(2,32)34-9-13-15(29)16(30)19(35-13)28-18-14(26-21(28)22)17(23)24-10-25-18/h3-7,10-11,13,15-16,19,29-30H,8-9H2,1-2H3,(H,27,32)(H2,23,24,25)/t11-,13+,15+,16+,19+,36+/m0/s1. The van der Waals surface area contributed by atoms with E-state index in [1.54, 1.807) is 0 Å². The Kier molecular flexibility index (Phi) is 7.90. The normalized spacial score (nSPS) is 24.5. The van der Waals surface area contributed by atoms with Gasteiger partial charge in [0.15, 0.2) is 23.2 Å². The largest absolute Gasteiger partial charge is 0.460 e. The van der Waals surface area contributed by atoms with E-state index in [4.69, 9.17) is 31.3 Å². The van der Waals surface area contributed by atoms with Crippen LogP contribution in [0.5, 0.6) is 0 Å². The van der Waals surface area contributed by atoms with Crippen LogP contribution in [0, 0.1) is 0 Å². The molecule has 36 heavy (non-hydrogen) atoms. The van der Waals surface area contributed by atoms with Crippen molar-refractivity contribution in [3.63, 3.8) is 0 Å². The van der Waals surface area contributed by atoms with Crippen molar-refractivity contribution in [2.45, 2.75) is 44.1 Å². The van der Waals surface area contributed by atoms with Gasteiger partial charge in [-0.3, -0.25) is 13.9 Å². The Bertz CT molecular complexity index is 1280. The first-order valence-corrected chi connectivity index (χ1v) is 13.4. The zero-order valence-corrected chi connectivity index (χ0v) is 21.0. The zero-order valence-electron chi connectivity index (χ0n) is 19.4. The number of aliphatic hydroxyl groups excluding tert-OH is 2. The molecule has 0 amide bonds. The molecular formula is C21H26ClN6O7P. The summed E-state index contributed by atoms with van der Waals surface area (Å²) >= 11 is 6.21. The minimum atomic E-state index is -3.54. The number of anilines is 1. The van der Waals surface area contributed by atoms with Gasteiger partial charge in [0.05, 0.1) is 6.61 Å². The van der Waals surface area contributed by atoms with Crippen molar-refractivity contribution in [2.75, 3.05) is 19.0 Å². The average Bonchev–Trinajstić information content (AvgIpc) is 3.32. The third kappa shape index (κ3) is 5.68. The first-order chi connectivity index (χ1) is 17.1. The fourth-order valence-corrected chi connectivity index (χ4v) is 5.29. The van der Waals surface area contributed by atoms with Crippen molar-refractivity contribution >= 4 is 42.1 Å². The fourth-order valence-electron chi connectivity index (χ4n) is 3.72. The number of ether oxygens (including phenoxy) is 2. The predicted octanol–water partition coefficient (Wildman–Crippen LogP) is 1.24. The number of halogens is 1. The predicted molar refractivity (Wildman–Crippen MR) is 129 cm³/mol. The van der Waals surface area contributed by atoms with Crippen molar-refractivity contribution in [3.05, 3.63) is 47.5 Å². The molecule has 0 spiro atoms. The molecule has 1 aromatic carbocycles. The number of nitrogens with two attached hydrogens (primary N) is 1. The fraction of sp³-hybridized carbons (Fsp3) is 0.429. The Morgan fingerprint density at radius 1 is 1.31 bits per heavy atom. The second-order valence-corrected chi connectivity index (χ2v) is 10.9. The summed E-state index contributed by atoms with van der Waals surface area (Å²) < 4.78 is 30.7. The molecule has 3 aromatic rings. The highest BCUT2D eigenvalue weighted by atomic mass is 35.5. The van der Waals surface area contributed by atoms with Crippen LogP contribution in [0.1, 0.15) is 18.7 Å². The average molecular weight is 541 g/mol. The van der Waals surface area contributed by atoms with E-state index < -0.39 is 44.1 Å². The number of benzene rings is 1. The molecule has 1 aliphatic heterocycles. The zero-order chi connectivity index (χ0) is 26.0. The van der Waals surface area contributed by atoms with E-state index in [1.807, 2.05) is 30.3 Å². The smallest absolute Gasteiger partial charge is 0.323 e. The maximum Gasteiger partial charge on any atom is 0.323 e. The van der Waals surface area contributed by atoms with Gasteiger partial charge < -0.3 is 29.9 Å². The Morgan fingerprint density at radius 2 is 2.03 bits per heavy atom.